The van der Waals surface area contributed by atoms with Gasteiger partial charge < -0.3 is 30.7 Å². The Morgan fingerprint density at radius 2 is 1.78 bits per heavy atom. The highest BCUT2D eigenvalue weighted by atomic mass is 35.5. The first-order chi connectivity index (χ1) is 21.4. The van der Waals surface area contributed by atoms with Crippen LogP contribution in [0.25, 0.3) is 6.08 Å². The standard InChI is InChI=1S/C33H37ClN4O7/c1-19(2)26(37-27(39)22-14-21-15-23(34)9-10-25(21)45-16-22)29(41)36-24(13-20-7-5-4-6-8-20)28(40)38-33(31(43)44-3)17-32(18-33)11-12-35-30(32)42/h4-10,14-15,19,24,26H,11-13,16-18H2,1-3H3,(H,35,42)(H,36,41)(H,37,39)(H,38,40)/t24-,26-,32?,33?/m0/s1. The zero-order chi connectivity index (χ0) is 32.4. The lowest BCUT2D eigenvalue weighted by atomic mass is 9.56. The van der Waals surface area contributed by atoms with Gasteiger partial charge in [0.2, 0.25) is 17.7 Å². The minimum atomic E-state index is -1.40. The number of methoxy groups -OCH3 is 1. The van der Waals surface area contributed by atoms with E-state index < -0.39 is 46.7 Å². The first-order valence-electron chi connectivity index (χ1n) is 14.9. The minimum Gasteiger partial charge on any atom is -0.488 e. The number of halogens is 1. The third-order valence-electron chi connectivity index (χ3n) is 8.72. The normalized spacial score (nSPS) is 23.0. The number of amides is 4. The van der Waals surface area contributed by atoms with Crippen LogP contribution in [-0.2, 0) is 35.1 Å². The molecular weight excluding hydrogens is 600 g/mol. The van der Waals surface area contributed by atoms with Crippen molar-refractivity contribution in [1.29, 1.82) is 0 Å². The van der Waals surface area contributed by atoms with Crippen LogP contribution in [0.15, 0.2) is 54.1 Å². The number of nitrogens with one attached hydrogen (secondary N) is 4. The number of fused-ring (bicyclic) bond motifs is 1. The van der Waals surface area contributed by atoms with Gasteiger partial charge in [0.05, 0.1) is 18.1 Å². The Morgan fingerprint density at radius 1 is 1.04 bits per heavy atom. The number of rotatable bonds is 10. The quantitative estimate of drug-likeness (QED) is 0.292. The second kappa shape index (κ2) is 12.9. The number of ether oxygens (including phenoxy) is 2. The van der Waals surface area contributed by atoms with Crippen molar-refractivity contribution in [3.05, 3.63) is 70.3 Å². The van der Waals surface area contributed by atoms with Crippen molar-refractivity contribution >= 4 is 47.3 Å². The average molecular weight is 637 g/mol. The fourth-order valence-electron chi connectivity index (χ4n) is 6.33. The van der Waals surface area contributed by atoms with Crippen molar-refractivity contribution in [3.8, 4) is 5.75 Å². The summed E-state index contributed by atoms with van der Waals surface area (Å²) in [4.78, 5) is 66.3. The van der Waals surface area contributed by atoms with Crippen LogP contribution >= 0.6 is 11.6 Å². The fourth-order valence-corrected chi connectivity index (χ4v) is 6.51. The van der Waals surface area contributed by atoms with E-state index in [0.29, 0.717) is 34.9 Å². The van der Waals surface area contributed by atoms with E-state index >= 15 is 0 Å². The van der Waals surface area contributed by atoms with Crippen LogP contribution in [0, 0.1) is 11.3 Å². The zero-order valence-electron chi connectivity index (χ0n) is 25.4. The predicted molar refractivity (Wildman–Crippen MR) is 166 cm³/mol. The third kappa shape index (κ3) is 6.68. The Morgan fingerprint density at radius 3 is 2.42 bits per heavy atom. The van der Waals surface area contributed by atoms with Crippen molar-refractivity contribution in [2.24, 2.45) is 11.3 Å². The van der Waals surface area contributed by atoms with Gasteiger partial charge in [0, 0.05) is 23.6 Å². The molecular formula is C33H37ClN4O7. The van der Waals surface area contributed by atoms with Gasteiger partial charge in [-0.2, -0.15) is 0 Å². The molecule has 11 nitrogen and oxygen atoms in total. The van der Waals surface area contributed by atoms with Gasteiger partial charge in [-0.15, -0.1) is 0 Å². The maximum atomic E-state index is 13.8. The summed E-state index contributed by atoms with van der Waals surface area (Å²) < 4.78 is 10.7. The molecule has 0 bridgehead atoms. The van der Waals surface area contributed by atoms with Gasteiger partial charge in [0.25, 0.3) is 5.91 Å². The Bertz CT molecular complexity index is 1530. The molecule has 238 valence electrons. The maximum Gasteiger partial charge on any atom is 0.331 e. The molecule has 4 N–H and O–H groups in total. The molecule has 1 saturated heterocycles. The molecule has 12 heteroatoms. The SMILES string of the molecule is COC(=O)C1(NC(=O)[C@H](Cc2ccccc2)NC(=O)[C@@H](NC(=O)C2=Cc3cc(Cl)ccc3OC2)C(C)C)CC2(CCNC2=O)C1. The van der Waals surface area contributed by atoms with E-state index in [9.17, 15) is 24.0 Å². The molecule has 2 atom stereocenters. The van der Waals surface area contributed by atoms with E-state index in [1.165, 1.54) is 7.11 Å². The summed E-state index contributed by atoms with van der Waals surface area (Å²) in [5, 5.41) is 11.7. The van der Waals surface area contributed by atoms with Gasteiger partial charge in [-0.1, -0.05) is 55.8 Å². The summed E-state index contributed by atoms with van der Waals surface area (Å²) in [5.74, 6) is -2.19. The van der Waals surface area contributed by atoms with Gasteiger partial charge in [-0.25, -0.2) is 4.79 Å². The summed E-state index contributed by atoms with van der Waals surface area (Å²) in [7, 11) is 1.23. The highest BCUT2D eigenvalue weighted by molar-refractivity contribution is 6.30. The largest absolute Gasteiger partial charge is 0.488 e. The van der Waals surface area contributed by atoms with Crippen LogP contribution in [0.2, 0.25) is 5.02 Å². The Kier molecular flexibility index (Phi) is 9.20. The van der Waals surface area contributed by atoms with Gasteiger partial charge >= 0.3 is 5.97 Å². The van der Waals surface area contributed by atoms with Crippen molar-refractivity contribution in [2.75, 3.05) is 20.3 Å². The summed E-state index contributed by atoms with van der Waals surface area (Å²) >= 11 is 6.11. The first kappa shape index (κ1) is 32.0. The number of benzene rings is 2. The summed E-state index contributed by atoms with van der Waals surface area (Å²) in [5.41, 5.74) is -0.396. The van der Waals surface area contributed by atoms with Gasteiger partial charge in [-0.3, -0.25) is 19.2 Å². The zero-order valence-corrected chi connectivity index (χ0v) is 26.2. The van der Waals surface area contributed by atoms with Crippen molar-refractivity contribution < 1.29 is 33.4 Å². The number of carbonyl (C=O) groups excluding carboxylic acids is 5. The molecule has 5 rings (SSSR count). The van der Waals surface area contributed by atoms with Crippen LogP contribution in [0.3, 0.4) is 0 Å². The van der Waals surface area contributed by atoms with Crippen molar-refractivity contribution in [3.63, 3.8) is 0 Å². The van der Waals surface area contributed by atoms with Crippen molar-refractivity contribution in [2.45, 2.75) is 57.2 Å². The Balaban J connectivity index is 1.33. The number of esters is 1. The Labute approximate surface area is 266 Å². The molecule has 0 radical (unpaired) electrons. The summed E-state index contributed by atoms with van der Waals surface area (Å²) in [6.07, 6.45) is 2.55. The van der Waals surface area contributed by atoms with E-state index in [1.807, 2.05) is 30.3 Å². The summed E-state index contributed by atoms with van der Waals surface area (Å²) in [6.45, 7) is 4.08. The number of hydrogen-bond donors (Lipinski definition) is 4. The molecule has 0 unspecified atom stereocenters. The fraction of sp³-hybridized carbons (Fsp3) is 0.424. The topological polar surface area (TPSA) is 152 Å². The lowest BCUT2D eigenvalue weighted by Crippen LogP contribution is -2.70. The molecule has 45 heavy (non-hydrogen) atoms. The maximum absolute atomic E-state index is 13.8. The highest BCUT2D eigenvalue weighted by Gasteiger charge is 2.65. The molecule has 3 aliphatic rings. The van der Waals surface area contributed by atoms with E-state index in [4.69, 9.17) is 21.1 Å². The smallest absolute Gasteiger partial charge is 0.331 e. The molecule has 2 aromatic carbocycles. The second-order valence-corrected chi connectivity index (χ2v) is 12.7. The molecule has 1 spiro atoms. The van der Waals surface area contributed by atoms with Crippen LogP contribution < -0.4 is 26.0 Å². The van der Waals surface area contributed by atoms with Crippen LogP contribution in [-0.4, -0.2) is 67.5 Å². The van der Waals surface area contributed by atoms with Crippen molar-refractivity contribution in [1.82, 2.24) is 21.3 Å². The molecule has 2 aromatic rings. The molecule has 2 fully saturated rings. The van der Waals surface area contributed by atoms with Gasteiger partial charge in [0.1, 0.15) is 30.0 Å². The van der Waals surface area contributed by atoms with E-state index in [-0.39, 0.29) is 37.7 Å². The van der Waals surface area contributed by atoms with Gasteiger partial charge in [-0.05, 0) is 55.0 Å². The first-order valence-corrected chi connectivity index (χ1v) is 15.3. The lowest BCUT2D eigenvalue weighted by Gasteiger charge is -2.51. The van der Waals surface area contributed by atoms with Crippen LogP contribution in [0.4, 0.5) is 0 Å². The highest BCUT2D eigenvalue weighted by Crippen LogP contribution is 2.53. The molecule has 2 aliphatic heterocycles. The molecule has 2 heterocycles. The molecule has 0 aromatic heterocycles. The molecule has 1 aliphatic carbocycles. The summed E-state index contributed by atoms with van der Waals surface area (Å²) in [6, 6.07) is 12.1. The molecule has 4 amide bonds. The lowest BCUT2D eigenvalue weighted by molar-refractivity contribution is -0.166. The third-order valence-corrected chi connectivity index (χ3v) is 8.95. The van der Waals surface area contributed by atoms with E-state index in [0.717, 1.165) is 5.56 Å². The second-order valence-electron chi connectivity index (χ2n) is 12.3. The van der Waals surface area contributed by atoms with E-state index in [2.05, 4.69) is 21.3 Å². The van der Waals surface area contributed by atoms with Crippen LogP contribution in [0.5, 0.6) is 5.75 Å². The molecule has 1 saturated carbocycles. The van der Waals surface area contributed by atoms with E-state index in [1.54, 1.807) is 38.1 Å². The van der Waals surface area contributed by atoms with Crippen LogP contribution in [0.1, 0.15) is 44.2 Å². The van der Waals surface area contributed by atoms with Gasteiger partial charge in [0.15, 0.2) is 0 Å². The monoisotopic (exact) mass is 636 g/mol. The number of carbonyl (C=O) groups is 5. The Hall–Kier alpha value is -4.38. The minimum absolute atomic E-state index is 0.0149. The average Bonchev–Trinajstić information content (AvgIpc) is 3.38. The predicted octanol–water partition coefficient (Wildman–Crippen LogP) is 2.31. The number of hydrogen-bond acceptors (Lipinski definition) is 7.